The van der Waals surface area contributed by atoms with E-state index >= 15 is 0 Å². The van der Waals surface area contributed by atoms with Gasteiger partial charge in [-0.15, -0.1) is 0 Å². The fourth-order valence-electron chi connectivity index (χ4n) is 3.93. The molecule has 1 saturated heterocycles. The number of aromatic nitrogens is 3. The minimum absolute atomic E-state index is 0.801. The van der Waals surface area contributed by atoms with E-state index in [1.165, 1.54) is 22.3 Å². The Hall–Kier alpha value is -1.98. The van der Waals surface area contributed by atoms with Gasteiger partial charge in [-0.2, -0.15) is 5.10 Å². The number of hydrogen-bond donors (Lipinski definition) is 0. The summed E-state index contributed by atoms with van der Waals surface area (Å²) in [5, 5.41) is 4.45. The number of fused-ring (bicyclic) bond motifs is 2. The number of hydrogen-bond acceptors (Lipinski definition) is 4. The first-order valence-corrected chi connectivity index (χ1v) is 9.35. The van der Waals surface area contributed by atoms with Crippen LogP contribution in [0.5, 0.6) is 0 Å². The van der Waals surface area contributed by atoms with Crippen LogP contribution in [0, 0.1) is 0 Å². The van der Waals surface area contributed by atoms with Gasteiger partial charge in [-0.1, -0.05) is 29.8 Å². The molecule has 132 valence electrons. The molecule has 0 bridgehead atoms. The summed E-state index contributed by atoms with van der Waals surface area (Å²) in [7, 11) is 0. The fraction of sp³-hybridized carbons (Fsp3) is 0.500. The maximum atomic E-state index is 5.50. The molecule has 1 fully saturated rings. The van der Waals surface area contributed by atoms with E-state index in [0.29, 0.717) is 0 Å². The summed E-state index contributed by atoms with van der Waals surface area (Å²) in [6.45, 7) is 7.82. The average molecular weight is 338 g/mol. The minimum atomic E-state index is 0.801. The molecule has 0 N–H and O–H groups in total. The molecule has 2 aliphatic heterocycles. The second-order valence-electron chi connectivity index (χ2n) is 6.73. The van der Waals surface area contributed by atoms with Crippen molar-refractivity contribution in [3.05, 3.63) is 53.1 Å². The number of benzene rings is 1. The van der Waals surface area contributed by atoms with Crippen molar-refractivity contribution in [2.75, 3.05) is 32.8 Å². The standard InChI is InChI=1S/C20H26N4O/c1-2-25-14-13-23-10-7-17(8-11-23)19-18-6-4-3-5-16(18)9-12-24-20(19)21-15-22-24/h3-6,15H,2,7-14H2,1H3. The van der Waals surface area contributed by atoms with Crippen LogP contribution in [0.2, 0.25) is 0 Å². The molecule has 0 aliphatic carbocycles. The number of nitrogens with zero attached hydrogens (tertiary/aromatic N) is 4. The van der Waals surface area contributed by atoms with E-state index in [4.69, 9.17) is 4.74 Å². The Morgan fingerprint density at radius 3 is 2.76 bits per heavy atom. The number of rotatable bonds is 4. The quantitative estimate of drug-likeness (QED) is 0.804. The van der Waals surface area contributed by atoms with Gasteiger partial charge >= 0.3 is 0 Å². The Morgan fingerprint density at radius 2 is 1.92 bits per heavy atom. The summed E-state index contributed by atoms with van der Waals surface area (Å²) in [6, 6.07) is 8.78. The molecule has 4 rings (SSSR count). The maximum absolute atomic E-state index is 5.50. The monoisotopic (exact) mass is 338 g/mol. The van der Waals surface area contributed by atoms with E-state index in [9.17, 15) is 0 Å². The maximum Gasteiger partial charge on any atom is 0.158 e. The van der Waals surface area contributed by atoms with Crippen LogP contribution in [0.25, 0.3) is 5.57 Å². The molecule has 2 aliphatic rings. The summed E-state index contributed by atoms with van der Waals surface area (Å²) in [4.78, 5) is 7.12. The van der Waals surface area contributed by atoms with Crippen molar-refractivity contribution in [2.24, 2.45) is 0 Å². The van der Waals surface area contributed by atoms with Gasteiger partial charge in [-0.05, 0) is 37.3 Å². The highest BCUT2D eigenvalue weighted by atomic mass is 16.5. The smallest absolute Gasteiger partial charge is 0.158 e. The van der Waals surface area contributed by atoms with Crippen molar-refractivity contribution in [1.82, 2.24) is 19.7 Å². The first kappa shape index (κ1) is 16.5. The molecule has 1 aromatic heterocycles. The van der Waals surface area contributed by atoms with Crippen LogP contribution >= 0.6 is 0 Å². The van der Waals surface area contributed by atoms with Gasteiger partial charge in [0, 0.05) is 38.4 Å². The van der Waals surface area contributed by atoms with Gasteiger partial charge in [0.1, 0.15) is 6.33 Å². The van der Waals surface area contributed by atoms with Crippen LogP contribution in [0.3, 0.4) is 0 Å². The third-order valence-electron chi connectivity index (χ3n) is 5.29. The highest BCUT2D eigenvalue weighted by molar-refractivity contribution is 5.81. The van der Waals surface area contributed by atoms with E-state index < -0.39 is 0 Å². The Morgan fingerprint density at radius 1 is 1.08 bits per heavy atom. The van der Waals surface area contributed by atoms with Gasteiger partial charge in [0.05, 0.1) is 6.61 Å². The number of aryl methyl sites for hydroxylation is 2. The number of ether oxygens (including phenoxy) is 1. The zero-order valence-electron chi connectivity index (χ0n) is 14.9. The van der Waals surface area contributed by atoms with Gasteiger partial charge in [0.15, 0.2) is 5.82 Å². The average Bonchev–Trinajstić information content (AvgIpc) is 3.05. The lowest BCUT2D eigenvalue weighted by Gasteiger charge is -2.29. The molecule has 0 atom stereocenters. The summed E-state index contributed by atoms with van der Waals surface area (Å²) >= 11 is 0. The largest absolute Gasteiger partial charge is 0.380 e. The lowest BCUT2D eigenvalue weighted by atomic mass is 9.90. The van der Waals surface area contributed by atoms with Crippen molar-refractivity contribution in [3.63, 3.8) is 0 Å². The predicted octanol–water partition coefficient (Wildman–Crippen LogP) is 2.77. The molecule has 0 amide bonds. The third kappa shape index (κ3) is 3.39. The van der Waals surface area contributed by atoms with Crippen molar-refractivity contribution in [1.29, 1.82) is 0 Å². The van der Waals surface area contributed by atoms with E-state index in [0.717, 1.165) is 64.5 Å². The number of piperidine rings is 1. The molecule has 0 radical (unpaired) electrons. The molecule has 1 aromatic carbocycles. The van der Waals surface area contributed by atoms with E-state index in [1.54, 1.807) is 6.33 Å². The molecule has 5 heteroatoms. The van der Waals surface area contributed by atoms with Crippen molar-refractivity contribution in [3.8, 4) is 0 Å². The molecule has 0 unspecified atom stereocenters. The van der Waals surface area contributed by atoms with Gasteiger partial charge in [0.25, 0.3) is 0 Å². The van der Waals surface area contributed by atoms with Gasteiger partial charge in [-0.25, -0.2) is 9.67 Å². The zero-order chi connectivity index (χ0) is 17.1. The van der Waals surface area contributed by atoms with Crippen LogP contribution in [0.1, 0.15) is 36.7 Å². The molecule has 5 nitrogen and oxygen atoms in total. The van der Waals surface area contributed by atoms with Gasteiger partial charge < -0.3 is 9.64 Å². The molecular weight excluding hydrogens is 312 g/mol. The summed E-state index contributed by atoms with van der Waals surface area (Å²) < 4.78 is 7.58. The number of likely N-dealkylation sites (tertiary alicyclic amines) is 1. The van der Waals surface area contributed by atoms with Crippen molar-refractivity contribution in [2.45, 2.75) is 32.7 Å². The summed E-state index contributed by atoms with van der Waals surface area (Å²) in [5.41, 5.74) is 5.62. The molecular formula is C20H26N4O. The van der Waals surface area contributed by atoms with Gasteiger partial charge in [0.2, 0.25) is 0 Å². The van der Waals surface area contributed by atoms with E-state index in [2.05, 4.69) is 50.9 Å². The SMILES string of the molecule is CCOCCN1CCC(=C2c3ccccc3CCn3ncnc32)CC1. The second kappa shape index (κ2) is 7.50. The van der Waals surface area contributed by atoms with Gasteiger partial charge in [-0.3, -0.25) is 0 Å². The van der Waals surface area contributed by atoms with Crippen molar-refractivity contribution < 1.29 is 4.74 Å². The molecule has 3 heterocycles. The summed E-state index contributed by atoms with van der Waals surface area (Å²) in [5.74, 6) is 1.04. The van der Waals surface area contributed by atoms with Crippen molar-refractivity contribution >= 4 is 5.57 Å². The predicted molar refractivity (Wildman–Crippen MR) is 98.4 cm³/mol. The van der Waals surface area contributed by atoms with E-state index in [-0.39, 0.29) is 0 Å². The minimum Gasteiger partial charge on any atom is -0.380 e. The Bertz CT molecular complexity index is 755. The fourth-order valence-corrected chi connectivity index (χ4v) is 3.93. The highest BCUT2D eigenvalue weighted by Gasteiger charge is 2.25. The molecule has 0 saturated carbocycles. The Labute approximate surface area is 149 Å². The van der Waals surface area contributed by atoms with Crippen LogP contribution in [0.15, 0.2) is 36.2 Å². The first-order chi connectivity index (χ1) is 12.4. The molecule has 25 heavy (non-hydrogen) atoms. The van der Waals surface area contributed by atoms with Crippen LogP contribution in [0.4, 0.5) is 0 Å². The molecule has 2 aromatic rings. The molecule has 0 spiro atoms. The zero-order valence-corrected chi connectivity index (χ0v) is 14.9. The lowest BCUT2D eigenvalue weighted by Crippen LogP contribution is -2.34. The second-order valence-corrected chi connectivity index (χ2v) is 6.73. The van der Waals surface area contributed by atoms with Crippen LogP contribution < -0.4 is 0 Å². The third-order valence-corrected chi connectivity index (χ3v) is 5.29. The van der Waals surface area contributed by atoms with Crippen LogP contribution in [-0.4, -0.2) is 52.5 Å². The Balaban J connectivity index is 1.63. The Kier molecular flexibility index (Phi) is 4.95. The van der Waals surface area contributed by atoms with Crippen LogP contribution in [-0.2, 0) is 17.7 Å². The van der Waals surface area contributed by atoms with E-state index in [1.807, 2.05) is 0 Å². The normalized spacial score (nSPS) is 18.0. The lowest BCUT2D eigenvalue weighted by molar-refractivity contribution is 0.110. The summed E-state index contributed by atoms with van der Waals surface area (Å²) in [6.07, 6.45) is 4.91. The first-order valence-electron chi connectivity index (χ1n) is 9.35. The topological polar surface area (TPSA) is 43.2 Å². The highest BCUT2D eigenvalue weighted by Crippen LogP contribution is 2.35.